The normalized spacial score (nSPS) is 17.2. The molecule has 0 bridgehead atoms. The molecule has 0 aromatic heterocycles. The third-order valence-electron chi connectivity index (χ3n) is 5.08. The van der Waals surface area contributed by atoms with Crippen LogP contribution in [0.2, 0.25) is 0 Å². The van der Waals surface area contributed by atoms with Gasteiger partial charge in [0.2, 0.25) is 10.0 Å². The first-order valence-electron chi connectivity index (χ1n) is 9.65. The van der Waals surface area contributed by atoms with Crippen molar-refractivity contribution >= 4 is 31.4 Å². The number of rotatable bonds is 4. The van der Waals surface area contributed by atoms with Gasteiger partial charge in [-0.25, -0.2) is 16.8 Å². The number of nitrogens with one attached hydrogen (secondary N) is 1. The lowest BCUT2D eigenvalue weighted by molar-refractivity contribution is 0.574. The van der Waals surface area contributed by atoms with Gasteiger partial charge >= 0.3 is 0 Å². The summed E-state index contributed by atoms with van der Waals surface area (Å²) < 4.78 is 55.3. The minimum atomic E-state index is -3.90. The Hall–Kier alpha value is -2.06. The fourth-order valence-electron chi connectivity index (χ4n) is 3.54. The highest BCUT2D eigenvalue weighted by atomic mass is 32.2. The maximum atomic E-state index is 13.2. The average molecular weight is 437 g/mol. The molecule has 0 aliphatic carbocycles. The Morgan fingerprint density at radius 1 is 1.03 bits per heavy atom. The Labute approximate surface area is 174 Å². The van der Waals surface area contributed by atoms with Crippen LogP contribution in [0.3, 0.4) is 0 Å². The van der Waals surface area contributed by atoms with E-state index < -0.39 is 20.0 Å². The van der Waals surface area contributed by atoms with Gasteiger partial charge in [0, 0.05) is 6.54 Å². The van der Waals surface area contributed by atoms with Gasteiger partial charge in [-0.05, 0) is 54.5 Å². The minimum absolute atomic E-state index is 0.0829. The van der Waals surface area contributed by atoms with Crippen molar-refractivity contribution in [1.82, 2.24) is 0 Å². The number of benzene rings is 2. The molecule has 1 heterocycles. The first kappa shape index (κ1) is 21.6. The highest BCUT2D eigenvalue weighted by Crippen LogP contribution is 2.33. The summed E-state index contributed by atoms with van der Waals surface area (Å²) >= 11 is 0. The van der Waals surface area contributed by atoms with E-state index in [0.717, 1.165) is 12.0 Å². The van der Waals surface area contributed by atoms with Gasteiger partial charge in [0.1, 0.15) is 0 Å². The molecule has 2 aromatic rings. The van der Waals surface area contributed by atoms with Gasteiger partial charge in [-0.15, -0.1) is 0 Å². The first-order chi connectivity index (χ1) is 13.4. The smallest absolute Gasteiger partial charge is 0.262 e. The van der Waals surface area contributed by atoms with E-state index in [-0.39, 0.29) is 16.1 Å². The molecule has 158 valence electrons. The van der Waals surface area contributed by atoms with E-state index in [4.69, 9.17) is 0 Å². The molecule has 1 aliphatic heterocycles. The predicted molar refractivity (Wildman–Crippen MR) is 117 cm³/mol. The molecule has 1 saturated heterocycles. The summed E-state index contributed by atoms with van der Waals surface area (Å²) in [5, 5.41) is 0. The first-order valence-corrected chi connectivity index (χ1v) is 12.7. The van der Waals surface area contributed by atoms with Gasteiger partial charge < -0.3 is 0 Å². The summed E-state index contributed by atoms with van der Waals surface area (Å²) in [6, 6.07) is 12.1. The Balaban J connectivity index is 2.03. The van der Waals surface area contributed by atoms with Crippen molar-refractivity contribution in [2.75, 3.05) is 21.3 Å². The number of hydrogen-bond donors (Lipinski definition) is 1. The van der Waals surface area contributed by atoms with E-state index in [0.29, 0.717) is 29.9 Å². The van der Waals surface area contributed by atoms with Gasteiger partial charge in [0.25, 0.3) is 10.0 Å². The lowest BCUT2D eigenvalue weighted by atomic mass is 9.86. The van der Waals surface area contributed by atoms with Crippen molar-refractivity contribution < 1.29 is 16.8 Å². The number of aryl methyl sites for hydroxylation is 1. The SMILES string of the molecule is Cc1ccc(N2CCCCS2(=O)=O)cc1S(=O)(=O)Nc1ccccc1C(C)(C)C. The summed E-state index contributed by atoms with van der Waals surface area (Å²) in [7, 11) is -7.32. The maximum absolute atomic E-state index is 13.2. The van der Waals surface area contributed by atoms with Crippen molar-refractivity contribution in [3.8, 4) is 0 Å². The van der Waals surface area contributed by atoms with Crippen LogP contribution in [-0.4, -0.2) is 29.1 Å². The van der Waals surface area contributed by atoms with Crippen LogP contribution in [-0.2, 0) is 25.5 Å². The molecule has 0 spiro atoms. The van der Waals surface area contributed by atoms with Gasteiger partial charge in [-0.3, -0.25) is 9.03 Å². The monoisotopic (exact) mass is 436 g/mol. The topological polar surface area (TPSA) is 83.6 Å². The number of hydrogen-bond acceptors (Lipinski definition) is 4. The molecule has 1 aliphatic rings. The van der Waals surface area contributed by atoms with Gasteiger partial charge in [-0.2, -0.15) is 0 Å². The summed E-state index contributed by atoms with van der Waals surface area (Å²) in [6.07, 6.45) is 1.38. The van der Waals surface area contributed by atoms with E-state index in [1.807, 2.05) is 32.9 Å². The lowest BCUT2D eigenvalue weighted by Crippen LogP contribution is -2.38. The van der Waals surface area contributed by atoms with Gasteiger partial charge in [0.15, 0.2) is 0 Å². The van der Waals surface area contributed by atoms with E-state index in [9.17, 15) is 16.8 Å². The number of anilines is 2. The zero-order valence-corrected chi connectivity index (χ0v) is 18.9. The van der Waals surface area contributed by atoms with Crippen molar-refractivity contribution in [2.24, 2.45) is 0 Å². The Kier molecular flexibility index (Phi) is 5.71. The Morgan fingerprint density at radius 3 is 2.38 bits per heavy atom. The largest absolute Gasteiger partial charge is 0.279 e. The molecule has 0 amide bonds. The van der Waals surface area contributed by atoms with Crippen molar-refractivity contribution in [3.05, 3.63) is 53.6 Å². The zero-order valence-electron chi connectivity index (χ0n) is 17.3. The summed E-state index contributed by atoms with van der Waals surface area (Å²) in [4.78, 5) is 0.0829. The standard InChI is InChI=1S/C21H28N2O4S2/c1-16-11-12-17(23-13-7-8-14-28(23,24)25)15-20(16)29(26,27)22-19-10-6-5-9-18(19)21(2,3)4/h5-6,9-12,15,22H,7-8,13-14H2,1-4H3. The highest BCUT2D eigenvalue weighted by molar-refractivity contribution is 7.93. The van der Waals surface area contributed by atoms with E-state index in [2.05, 4.69) is 4.72 Å². The number of sulfonamides is 2. The predicted octanol–water partition coefficient (Wildman–Crippen LogP) is 4.02. The van der Waals surface area contributed by atoms with Crippen LogP contribution in [0.4, 0.5) is 11.4 Å². The van der Waals surface area contributed by atoms with Crippen LogP contribution in [0, 0.1) is 6.92 Å². The highest BCUT2D eigenvalue weighted by Gasteiger charge is 2.28. The van der Waals surface area contributed by atoms with Crippen LogP contribution < -0.4 is 9.03 Å². The molecule has 8 heteroatoms. The Bertz CT molecular complexity index is 1120. The molecule has 1 N–H and O–H groups in total. The molecular formula is C21H28N2O4S2. The van der Waals surface area contributed by atoms with Crippen molar-refractivity contribution in [3.63, 3.8) is 0 Å². The molecule has 2 aromatic carbocycles. The summed E-state index contributed by atoms with van der Waals surface area (Å²) in [5.74, 6) is 0.0835. The molecule has 1 fully saturated rings. The minimum Gasteiger partial charge on any atom is -0.279 e. The van der Waals surface area contributed by atoms with Crippen LogP contribution in [0.1, 0.15) is 44.7 Å². The third kappa shape index (κ3) is 4.59. The average Bonchev–Trinajstić information content (AvgIpc) is 2.61. The fourth-order valence-corrected chi connectivity index (χ4v) is 6.51. The molecule has 0 radical (unpaired) electrons. The van der Waals surface area contributed by atoms with E-state index >= 15 is 0 Å². The van der Waals surface area contributed by atoms with Crippen molar-refractivity contribution in [2.45, 2.75) is 50.8 Å². The second kappa shape index (κ2) is 7.65. The molecular weight excluding hydrogens is 408 g/mol. The fraction of sp³-hybridized carbons (Fsp3) is 0.429. The summed E-state index contributed by atoms with van der Waals surface area (Å²) in [6.45, 7) is 8.14. The van der Waals surface area contributed by atoms with Crippen LogP contribution in [0.15, 0.2) is 47.4 Å². The van der Waals surface area contributed by atoms with E-state index in [1.165, 1.54) is 10.4 Å². The quantitative estimate of drug-likeness (QED) is 0.784. The van der Waals surface area contributed by atoms with Crippen molar-refractivity contribution in [1.29, 1.82) is 0 Å². The zero-order chi connectivity index (χ0) is 21.4. The lowest BCUT2D eigenvalue weighted by Gasteiger charge is -2.29. The van der Waals surface area contributed by atoms with Crippen LogP contribution in [0.5, 0.6) is 0 Å². The van der Waals surface area contributed by atoms with Gasteiger partial charge in [0.05, 0.1) is 22.0 Å². The molecule has 0 atom stereocenters. The molecule has 0 saturated carbocycles. The molecule has 6 nitrogen and oxygen atoms in total. The van der Waals surface area contributed by atoms with Crippen LogP contribution in [0.25, 0.3) is 0 Å². The molecule has 0 unspecified atom stereocenters. The maximum Gasteiger partial charge on any atom is 0.262 e. The van der Waals surface area contributed by atoms with Gasteiger partial charge in [-0.1, -0.05) is 45.0 Å². The Morgan fingerprint density at radius 2 is 1.72 bits per heavy atom. The molecule has 29 heavy (non-hydrogen) atoms. The molecule has 3 rings (SSSR count). The summed E-state index contributed by atoms with van der Waals surface area (Å²) in [5.41, 5.74) is 2.12. The number of para-hydroxylation sites is 1. The number of nitrogens with zero attached hydrogens (tertiary/aromatic N) is 1. The second-order valence-electron chi connectivity index (χ2n) is 8.45. The van der Waals surface area contributed by atoms with Crippen LogP contribution >= 0.6 is 0 Å². The third-order valence-corrected chi connectivity index (χ3v) is 8.45. The van der Waals surface area contributed by atoms with E-state index in [1.54, 1.807) is 31.2 Å². The second-order valence-corrected chi connectivity index (χ2v) is 12.1.